The van der Waals surface area contributed by atoms with E-state index < -0.39 is 18.5 Å². The number of rotatable bonds is 6. The molecule has 0 aliphatic carbocycles. The molecule has 0 unspecified atom stereocenters. The van der Waals surface area contributed by atoms with E-state index in [2.05, 4.69) is 22.1 Å². The molecule has 1 N–H and O–H groups in total. The van der Waals surface area contributed by atoms with Gasteiger partial charge in [-0.05, 0) is 12.8 Å². The van der Waals surface area contributed by atoms with Gasteiger partial charge in [-0.1, -0.05) is 12.5 Å². The van der Waals surface area contributed by atoms with E-state index in [9.17, 15) is 14.7 Å². The molecule has 2 heterocycles. The standard InChI is InChI=1S/C14H21N5O3.K/c1-2-7-18(10-13(20)21)14(22)15-9-12-17-16-11-6-4-3-5-8-19(11)12;/h2H,1,3-10H2,(H,15,22)(H,20,21);/q;+1/p-1. The number of hydrogen-bond acceptors (Lipinski definition) is 5. The van der Waals surface area contributed by atoms with Crippen LogP contribution in [0.4, 0.5) is 4.79 Å². The second kappa shape index (κ2) is 10.2. The predicted octanol–water partition coefficient (Wildman–Crippen LogP) is -3.54. The van der Waals surface area contributed by atoms with Gasteiger partial charge in [-0.2, -0.15) is 0 Å². The fourth-order valence-electron chi connectivity index (χ4n) is 2.47. The summed E-state index contributed by atoms with van der Waals surface area (Å²) in [5.74, 6) is 0.324. The molecule has 2 rings (SSSR count). The summed E-state index contributed by atoms with van der Waals surface area (Å²) in [6, 6.07) is -0.491. The Labute approximate surface area is 177 Å². The summed E-state index contributed by atoms with van der Waals surface area (Å²) in [4.78, 5) is 23.8. The first kappa shape index (κ1) is 20.3. The van der Waals surface area contributed by atoms with Crippen molar-refractivity contribution in [2.24, 2.45) is 0 Å². The van der Waals surface area contributed by atoms with Gasteiger partial charge in [-0.25, -0.2) is 4.79 Å². The van der Waals surface area contributed by atoms with Crippen molar-refractivity contribution in [1.29, 1.82) is 0 Å². The van der Waals surface area contributed by atoms with Crippen molar-refractivity contribution < 1.29 is 66.1 Å². The normalized spacial score (nSPS) is 13.2. The van der Waals surface area contributed by atoms with Gasteiger partial charge < -0.3 is 24.7 Å². The van der Waals surface area contributed by atoms with Gasteiger partial charge in [0.15, 0.2) is 5.82 Å². The molecule has 0 radical (unpaired) electrons. The van der Waals surface area contributed by atoms with Gasteiger partial charge in [0.25, 0.3) is 0 Å². The predicted molar refractivity (Wildman–Crippen MR) is 76.6 cm³/mol. The Morgan fingerprint density at radius 2 is 2.13 bits per heavy atom. The molecule has 0 aromatic carbocycles. The van der Waals surface area contributed by atoms with Crippen LogP contribution >= 0.6 is 0 Å². The van der Waals surface area contributed by atoms with E-state index in [1.165, 1.54) is 6.08 Å². The molecule has 0 atom stereocenters. The Hall–Kier alpha value is -0.744. The maximum atomic E-state index is 12.0. The number of nitrogens with zero attached hydrogens (tertiary/aromatic N) is 4. The van der Waals surface area contributed by atoms with Gasteiger partial charge in [0.2, 0.25) is 0 Å². The Morgan fingerprint density at radius 3 is 2.83 bits per heavy atom. The van der Waals surface area contributed by atoms with E-state index in [-0.39, 0.29) is 64.5 Å². The number of carbonyl (C=O) groups excluding carboxylic acids is 2. The Kier molecular flexibility index (Phi) is 8.99. The van der Waals surface area contributed by atoms with Crippen LogP contribution < -0.4 is 61.8 Å². The number of aryl methyl sites for hydroxylation is 1. The van der Waals surface area contributed by atoms with Crippen LogP contribution in [-0.4, -0.2) is 44.8 Å². The molecule has 120 valence electrons. The SMILES string of the molecule is C=CCN(CC(=O)[O-])C(=O)NCc1nnc2n1CCCCC2.[K+]. The average Bonchev–Trinajstić information content (AvgIpc) is 2.71. The van der Waals surface area contributed by atoms with Crippen LogP contribution in [0, 0.1) is 0 Å². The number of carboxylic acid groups (broad SMARTS) is 1. The van der Waals surface area contributed by atoms with Gasteiger partial charge in [0, 0.05) is 19.5 Å². The van der Waals surface area contributed by atoms with Crippen molar-refractivity contribution in [3.63, 3.8) is 0 Å². The number of urea groups is 1. The molecule has 0 spiro atoms. The van der Waals surface area contributed by atoms with Gasteiger partial charge in [-0.3, -0.25) is 0 Å². The van der Waals surface area contributed by atoms with Crippen molar-refractivity contribution in [3.8, 4) is 0 Å². The van der Waals surface area contributed by atoms with Crippen molar-refractivity contribution in [3.05, 3.63) is 24.3 Å². The Morgan fingerprint density at radius 1 is 1.35 bits per heavy atom. The van der Waals surface area contributed by atoms with E-state index in [4.69, 9.17) is 0 Å². The minimum absolute atomic E-state index is 0. The largest absolute Gasteiger partial charge is 1.00 e. The van der Waals surface area contributed by atoms with E-state index in [0.29, 0.717) is 5.82 Å². The van der Waals surface area contributed by atoms with E-state index >= 15 is 0 Å². The first-order valence-corrected chi connectivity index (χ1v) is 7.36. The summed E-state index contributed by atoms with van der Waals surface area (Å²) >= 11 is 0. The molecule has 0 bridgehead atoms. The second-order valence-corrected chi connectivity index (χ2v) is 5.19. The van der Waals surface area contributed by atoms with Crippen LogP contribution in [-0.2, 0) is 24.3 Å². The number of amides is 2. The molecule has 0 saturated carbocycles. The molecule has 0 saturated heterocycles. The molecule has 9 heteroatoms. The number of aromatic nitrogens is 3. The number of fused-ring (bicyclic) bond motifs is 1. The summed E-state index contributed by atoms with van der Waals surface area (Å²) in [7, 11) is 0. The zero-order chi connectivity index (χ0) is 15.9. The fourth-order valence-corrected chi connectivity index (χ4v) is 2.47. The summed E-state index contributed by atoms with van der Waals surface area (Å²) in [5, 5.41) is 21.6. The van der Waals surface area contributed by atoms with Crippen LogP contribution in [0.1, 0.15) is 30.9 Å². The number of carbonyl (C=O) groups is 2. The van der Waals surface area contributed by atoms with E-state index in [1.54, 1.807) is 0 Å². The molecule has 1 aromatic heterocycles. The Balaban J connectivity index is 0.00000264. The molecule has 23 heavy (non-hydrogen) atoms. The first-order valence-electron chi connectivity index (χ1n) is 7.36. The monoisotopic (exact) mass is 345 g/mol. The maximum Gasteiger partial charge on any atom is 1.00 e. The molecule has 8 nitrogen and oxygen atoms in total. The van der Waals surface area contributed by atoms with Crippen molar-refractivity contribution in [2.45, 2.75) is 38.8 Å². The van der Waals surface area contributed by atoms with Gasteiger partial charge in [0.1, 0.15) is 5.82 Å². The zero-order valence-corrected chi connectivity index (χ0v) is 16.6. The third-order valence-electron chi connectivity index (χ3n) is 3.54. The van der Waals surface area contributed by atoms with Crippen molar-refractivity contribution >= 4 is 12.0 Å². The average molecular weight is 345 g/mol. The summed E-state index contributed by atoms with van der Waals surface area (Å²) in [6.45, 7) is 4.23. The fraction of sp³-hybridized carbons (Fsp3) is 0.571. The molecule has 1 aromatic rings. The molecule has 0 fully saturated rings. The van der Waals surface area contributed by atoms with Crippen molar-refractivity contribution in [1.82, 2.24) is 25.0 Å². The summed E-state index contributed by atoms with van der Waals surface area (Å²) < 4.78 is 2.03. The van der Waals surface area contributed by atoms with Crippen LogP contribution in [0.5, 0.6) is 0 Å². The van der Waals surface area contributed by atoms with Crippen LogP contribution in [0.3, 0.4) is 0 Å². The topological polar surface area (TPSA) is 103 Å². The first-order chi connectivity index (χ1) is 10.6. The number of nitrogens with one attached hydrogen (secondary N) is 1. The minimum Gasteiger partial charge on any atom is -0.548 e. The van der Waals surface area contributed by atoms with Crippen LogP contribution in [0.25, 0.3) is 0 Å². The third-order valence-corrected chi connectivity index (χ3v) is 3.54. The van der Waals surface area contributed by atoms with Crippen LogP contribution in [0.2, 0.25) is 0 Å². The molecular formula is C14H20KN5O3. The quantitative estimate of drug-likeness (QED) is 0.425. The Bertz CT molecular complexity index is 561. The van der Waals surface area contributed by atoms with E-state index in [0.717, 1.165) is 43.0 Å². The number of carboxylic acids is 1. The number of hydrogen-bond donors (Lipinski definition) is 1. The summed E-state index contributed by atoms with van der Waals surface area (Å²) in [5.41, 5.74) is 0. The summed E-state index contributed by atoms with van der Waals surface area (Å²) in [6.07, 6.45) is 5.69. The van der Waals surface area contributed by atoms with Gasteiger partial charge in [0.05, 0.1) is 19.1 Å². The van der Waals surface area contributed by atoms with E-state index in [1.807, 2.05) is 4.57 Å². The smallest absolute Gasteiger partial charge is 0.548 e. The van der Waals surface area contributed by atoms with Gasteiger partial charge >= 0.3 is 57.4 Å². The third kappa shape index (κ3) is 6.00. The second-order valence-electron chi connectivity index (χ2n) is 5.19. The zero-order valence-electron chi connectivity index (χ0n) is 13.5. The molecule has 1 aliphatic rings. The molecular weight excluding hydrogens is 325 g/mol. The molecule has 2 amide bonds. The van der Waals surface area contributed by atoms with Crippen LogP contribution in [0.15, 0.2) is 12.7 Å². The minimum atomic E-state index is -1.31. The van der Waals surface area contributed by atoms with Crippen molar-refractivity contribution in [2.75, 3.05) is 13.1 Å². The number of aliphatic carboxylic acids is 1. The molecule has 1 aliphatic heterocycles. The van der Waals surface area contributed by atoms with Gasteiger partial charge in [-0.15, -0.1) is 16.8 Å². The maximum absolute atomic E-state index is 12.0.